The van der Waals surface area contributed by atoms with Gasteiger partial charge in [-0.2, -0.15) is 0 Å². The third-order valence-corrected chi connectivity index (χ3v) is 5.24. The van der Waals surface area contributed by atoms with Crippen LogP contribution in [0.3, 0.4) is 0 Å². The van der Waals surface area contributed by atoms with Crippen LogP contribution in [0.5, 0.6) is 0 Å². The number of aromatic nitrogens is 1. The van der Waals surface area contributed by atoms with Gasteiger partial charge in [0.2, 0.25) is 0 Å². The topological polar surface area (TPSA) is 24.9 Å². The minimum atomic E-state index is 0.146. The summed E-state index contributed by atoms with van der Waals surface area (Å²) < 4.78 is 0. The summed E-state index contributed by atoms with van der Waals surface area (Å²) in [5, 5.41) is 6.74. The molecule has 0 atom stereocenters. The van der Waals surface area contributed by atoms with Gasteiger partial charge in [0.25, 0.3) is 0 Å². The van der Waals surface area contributed by atoms with Crippen LogP contribution in [0, 0.1) is 0 Å². The molecular formula is C17H24N2S2. The van der Waals surface area contributed by atoms with Crippen molar-refractivity contribution in [1.29, 1.82) is 0 Å². The molecule has 1 N–H and O–H groups in total. The number of benzene rings is 1. The lowest BCUT2D eigenvalue weighted by Crippen LogP contribution is -2.11. The Hall–Kier alpha value is -0.840. The Morgan fingerprint density at radius 2 is 1.90 bits per heavy atom. The van der Waals surface area contributed by atoms with Gasteiger partial charge < -0.3 is 5.32 Å². The molecule has 2 nitrogen and oxygen atoms in total. The van der Waals surface area contributed by atoms with Gasteiger partial charge >= 0.3 is 0 Å². The maximum atomic E-state index is 4.74. The standard InChI is InChI=1S/C17H24N2S2/c1-5-18-10-13-6-8-14(9-7-13)20-12-16-19-15(11-21-16)17(2,3)4/h6-9,11,18H,5,10,12H2,1-4H3. The number of rotatable bonds is 6. The first kappa shape index (κ1) is 16.5. The minimum Gasteiger partial charge on any atom is -0.313 e. The Kier molecular flexibility index (Phi) is 5.85. The van der Waals surface area contributed by atoms with E-state index in [9.17, 15) is 0 Å². The van der Waals surface area contributed by atoms with Crippen LogP contribution in [0.25, 0.3) is 0 Å². The molecule has 21 heavy (non-hydrogen) atoms. The van der Waals surface area contributed by atoms with E-state index in [1.54, 1.807) is 11.3 Å². The lowest BCUT2D eigenvalue weighted by Gasteiger charge is -2.14. The maximum Gasteiger partial charge on any atom is 0.103 e. The molecule has 4 heteroatoms. The van der Waals surface area contributed by atoms with E-state index in [4.69, 9.17) is 4.98 Å². The molecule has 0 radical (unpaired) electrons. The smallest absolute Gasteiger partial charge is 0.103 e. The summed E-state index contributed by atoms with van der Waals surface area (Å²) in [5.41, 5.74) is 2.68. The number of thioether (sulfide) groups is 1. The molecule has 0 aliphatic carbocycles. The highest BCUT2D eigenvalue weighted by Crippen LogP contribution is 2.28. The van der Waals surface area contributed by atoms with Crippen LogP contribution < -0.4 is 5.32 Å². The lowest BCUT2D eigenvalue weighted by atomic mass is 9.93. The molecule has 2 rings (SSSR count). The maximum absolute atomic E-state index is 4.74. The Morgan fingerprint density at radius 3 is 2.48 bits per heavy atom. The van der Waals surface area contributed by atoms with E-state index in [1.165, 1.54) is 21.2 Å². The summed E-state index contributed by atoms with van der Waals surface area (Å²) in [6, 6.07) is 8.81. The van der Waals surface area contributed by atoms with Gasteiger partial charge in [-0.3, -0.25) is 0 Å². The molecule has 0 amide bonds. The van der Waals surface area contributed by atoms with Crippen molar-refractivity contribution in [3.8, 4) is 0 Å². The largest absolute Gasteiger partial charge is 0.313 e. The molecule has 0 spiro atoms. The normalized spacial score (nSPS) is 11.8. The van der Waals surface area contributed by atoms with E-state index in [1.807, 2.05) is 11.8 Å². The molecule has 1 aromatic carbocycles. The first-order valence-electron chi connectivity index (χ1n) is 7.36. The number of hydrogen-bond acceptors (Lipinski definition) is 4. The second kappa shape index (κ2) is 7.43. The zero-order chi connectivity index (χ0) is 15.3. The lowest BCUT2D eigenvalue weighted by molar-refractivity contribution is 0.572. The molecule has 0 aliphatic rings. The number of hydrogen-bond donors (Lipinski definition) is 1. The number of nitrogens with zero attached hydrogens (tertiary/aromatic N) is 1. The fourth-order valence-electron chi connectivity index (χ4n) is 1.84. The third-order valence-electron chi connectivity index (χ3n) is 3.18. The minimum absolute atomic E-state index is 0.146. The van der Waals surface area contributed by atoms with Crippen molar-refractivity contribution in [2.24, 2.45) is 0 Å². The van der Waals surface area contributed by atoms with E-state index >= 15 is 0 Å². The zero-order valence-corrected chi connectivity index (χ0v) is 14.9. The van der Waals surface area contributed by atoms with E-state index in [0.717, 1.165) is 18.8 Å². The molecule has 1 aromatic heterocycles. The van der Waals surface area contributed by atoms with Gasteiger partial charge in [-0.15, -0.1) is 23.1 Å². The van der Waals surface area contributed by atoms with Crippen LogP contribution in [0.1, 0.15) is 44.0 Å². The van der Waals surface area contributed by atoms with Crippen molar-refractivity contribution in [1.82, 2.24) is 10.3 Å². The van der Waals surface area contributed by atoms with Gasteiger partial charge in [0.1, 0.15) is 5.01 Å². The third kappa shape index (κ3) is 5.13. The van der Waals surface area contributed by atoms with Gasteiger partial charge in [-0.1, -0.05) is 39.8 Å². The monoisotopic (exact) mass is 320 g/mol. The first-order chi connectivity index (χ1) is 9.99. The molecule has 114 valence electrons. The summed E-state index contributed by atoms with van der Waals surface area (Å²) in [4.78, 5) is 6.05. The predicted molar refractivity (Wildman–Crippen MR) is 94.2 cm³/mol. The van der Waals surface area contributed by atoms with Crippen molar-refractivity contribution in [2.45, 2.75) is 50.3 Å². The van der Waals surface area contributed by atoms with Crippen LogP contribution in [0.2, 0.25) is 0 Å². The van der Waals surface area contributed by atoms with Crippen molar-refractivity contribution < 1.29 is 0 Å². The molecule has 0 unspecified atom stereocenters. The highest BCUT2D eigenvalue weighted by molar-refractivity contribution is 7.98. The van der Waals surface area contributed by atoms with Gasteiger partial charge in [-0.25, -0.2) is 4.98 Å². The van der Waals surface area contributed by atoms with Crippen molar-refractivity contribution in [2.75, 3.05) is 6.54 Å². The molecule has 0 saturated heterocycles. The quantitative estimate of drug-likeness (QED) is 0.771. The van der Waals surface area contributed by atoms with Crippen LogP contribution in [0.15, 0.2) is 34.5 Å². The van der Waals surface area contributed by atoms with Gasteiger partial charge in [-0.05, 0) is 24.2 Å². The predicted octanol–water partition coefficient (Wildman–Crippen LogP) is 4.84. The average molecular weight is 321 g/mol. The summed E-state index contributed by atoms with van der Waals surface area (Å²) in [7, 11) is 0. The Labute approximate surface area is 136 Å². The van der Waals surface area contributed by atoms with Gasteiger partial charge in [0.05, 0.1) is 11.4 Å². The van der Waals surface area contributed by atoms with Crippen molar-refractivity contribution in [3.05, 3.63) is 45.9 Å². The van der Waals surface area contributed by atoms with E-state index in [2.05, 4.69) is 62.7 Å². The Morgan fingerprint density at radius 1 is 1.19 bits per heavy atom. The van der Waals surface area contributed by atoms with Crippen molar-refractivity contribution >= 4 is 23.1 Å². The summed E-state index contributed by atoms with van der Waals surface area (Å²) >= 11 is 3.63. The van der Waals surface area contributed by atoms with Crippen LogP contribution in [0.4, 0.5) is 0 Å². The Balaban J connectivity index is 1.89. The summed E-state index contributed by atoms with van der Waals surface area (Å²) in [5.74, 6) is 0.952. The molecule has 0 saturated carbocycles. The zero-order valence-electron chi connectivity index (χ0n) is 13.3. The average Bonchev–Trinajstić information content (AvgIpc) is 2.93. The highest BCUT2D eigenvalue weighted by Gasteiger charge is 2.17. The molecular weight excluding hydrogens is 296 g/mol. The Bertz CT molecular complexity index is 553. The van der Waals surface area contributed by atoms with Gasteiger partial charge in [0.15, 0.2) is 0 Å². The van der Waals surface area contributed by atoms with Crippen LogP contribution >= 0.6 is 23.1 Å². The highest BCUT2D eigenvalue weighted by atomic mass is 32.2. The number of thiazole rings is 1. The first-order valence-corrected chi connectivity index (χ1v) is 9.23. The molecule has 0 fully saturated rings. The summed E-state index contributed by atoms with van der Waals surface area (Å²) in [6.07, 6.45) is 0. The van der Waals surface area contributed by atoms with Crippen LogP contribution in [-0.4, -0.2) is 11.5 Å². The van der Waals surface area contributed by atoms with E-state index in [0.29, 0.717) is 0 Å². The molecule has 1 heterocycles. The molecule has 0 bridgehead atoms. The SMILES string of the molecule is CCNCc1ccc(SCc2nc(C(C)(C)C)cs2)cc1. The van der Waals surface area contributed by atoms with E-state index < -0.39 is 0 Å². The van der Waals surface area contributed by atoms with Crippen LogP contribution in [-0.2, 0) is 17.7 Å². The second-order valence-electron chi connectivity index (χ2n) is 6.09. The number of nitrogens with one attached hydrogen (secondary N) is 1. The second-order valence-corrected chi connectivity index (χ2v) is 8.08. The van der Waals surface area contributed by atoms with Gasteiger partial charge in [0, 0.05) is 22.2 Å². The molecule has 0 aliphatic heterocycles. The summed E-state index contributed by atoms with van der Waals surface area (Å²) in [6.45, 7) is 10.7. The van der Waals surface area contributed by atoms with Crippen molar-refractivity contribution in [3.63, 3.8) is 0 Å². The molecule has 2 aromatic rings. The fraction of sp³-hybridized carbons (Fsp3) is 0.471. The van der Waals surface area contributed by atoms with E-state index in [-0.39, 0.29) is 5.41 Å². The fourth-order valence-corrected chi connectivity index (χ4v) is 3.78.